The Labute approximate surface area is 269 Å². The van der Waals surface area contributed by atoms with Crippen LogP contribution >= 0.6 is 0 Å². The van der Waals surface area contributed by atoms with Crippen LogP contribution in [0, 0.1) is 11.8 Å². The molecule has 0 aliphatic heterocycles. The average molecular weight is 626 g/mol. The van der Waals surface area contributed by atoms with Crippen LogP contribution in [0.1, 0.15) is 37.7 Å². The van der Waals surface area contributed by atoms with E-state index in [2.05, 4.69) is 30.5 Å². The van der Waals surface area contributed by atoms with Crippen LogP contribution < -0.4 is 21.1 Å². The third kappa shape index (κ3) is 8.32. The highest BCUT2D eigenvalue weighted by molar-refractivity contribution is 6.01. The van der Waals surface area contributed by atoms with Gasteiger partial charge in [0.2, 0.25) is 23.5 Å². The lowest BCUT2D eigenvalue weighted by atomic mass is 9.81. The first-order valence-electron chi connectivity index (χ1n) is 15.8. The fourth-order valence-corrected chi connectivity index (χ4v) is 5.97. The van der Waals surface area contributed by atoms with Crippen LogP contribution in [0.3, 0.4) is 0 Å². The molecule has 5 N–H and O–H groups in total. The van der Waals surface area contributed by atoms with E-state index in [0.29, 0.717) is 36.5 Å². The monoisotopic (exact) mass is 625 g/mol. The number of nitrogens with zero attached hydrogens (tertiary/aromatic N) is 6. The standard InChI is InChI=1S/C34H43N9O3/c1-42(2)17-4-18-46-31-16-13-28(22-37-31)27-6-3-5-24(19-27)20-30(32(36)44)43(34(45)26-9-7-23(21-35)8-10-26)29-14-11-25(12-15-29)33-38-40-41-39-33/h3,5-6,11-16,19,22-23,26,30H,4,7-10,17-18,20-21,35H2,1-2H3,(H2,36,44)(H,38,39,40,41)/t23?,26?,30-/m0/s1. The summed E-state index contributed by atoms with van der Waals surface area (Å²) in [6.07, 6.45) is 6.16. The zero-order valence-corrected chi connectivity index (χ0v) is 26.5. The first-order valence-corrected chi connectivity index (χ1v) is 15.8. The summed E-state index contributed by atoms with van der Waals surface area (Å²) in [4.78, 5) is 35.6. The smallest absolute Gasteiger partial charge is 0.240 e. The van der Waals surface area contributed by atoms with Gasteiger partial charge in [-0.3, -0.25) is 14.5 Å². The third-order valence-corrected chi connectivity index (χ3v) is 8.58. The molecule has 1 fully saturated rings. The third-order valence-electron chi connectivity index (χ3n) is 8.58. The largest absolute Gasteiger partial charge is 0.478 e. The second-order valence-corrected chi connectivity index (χ2v) is 12.2. The predicted octanol–water partition coefficient (Wildman–Crippen LogP) is 3.45. The molecule has 1 saturated carbocycles. The first-order chi connectivity index (χ1) is 22.3. The summed E-state index contributed by atoms with van der Waals surface area (Å²) in [6, 6.07) is 18.1. The van der Waals surface area contributed by atoms with Crippen molar-refractivity contribution >= 4 is 17.5 Å². The van der Waals surface area contributed by atoms with E-state index in [1.54, 1.807) is 23.2 Å². The zero-order valence-electron chi connectivity index (χ0n) is 26.5. The van der Waals surface area contributed by atoms with Gasteiger partial charge in [-0.1, -0.05) is 24.3 Å². The minimum Gasteiger partial charge on any atom is -0.478 e. The Bertz CT molecular complexity index is 1550. The summed E-state index contributed by atoms with van der Waals surface area (Å²) < 4.78 is 5.79. The summed E-state index contributed by atoms with van der Waals surface area (Å²) in [5.74, 6) is 0.531. The number of benzene rings is 2. The molecular formula is C34H43N9O3. The van der Waals surface area contributed by atoms with E-state index in [9.17, 15) is 9.59 Å². The van der Waals surface area contributed by atoms with Gasteiger partial charge in [0.05, 0.1) is 6.61 Å². The number of pyridine rings is 1. The number of carbonyl (C=O) groups is 2. The SMILES string of the molecule is CN(C)CCCOc1ccc(-c2cccc(C[C@@H](C(N)=O)N(C(=O)C3CCC(CN)CC3)c3ccc(-c4nn[nH]n4)cc3)c2)cn1. The van der Waals surface area contributed by atoms with Crippen molar-refractivity contribution in [2.24, 2.45) is 23.3 Å². The van der Waals surface area contributed by atoms with Crippen molar-refractivity contribution in [1.82, 2.24) is 30.5 Å². The lowest BCUT2D eigenvalue weighted by molar-refractivity contribution is -0.127. The molecule has 2 heterocycles. The number of primary amides is 1. The molecule has 0 saturated heterocycles. The van der Waals surface area contributed by atoms with E-state index in [4.69, 9.17) is 16.2 Å². The van der Waals surface area contributed by atoms with Crippen molar-refractivity contribution in [1.29, 1.82) is 0 Å². The van der Waals surface area contributed by atoms with Gasteiger partial charge in [-0.05, 0) is 105 Å². The Balaban J connectivity index is 1.38. The maximum atomic E-state index is 14.2. The van der Waals surface area contributed by atoms with Gasteiger partial charge in [-0.15, -0.1) is 10.2 Å². The van der Waals surface area contributed by atoms with Gasteiger partial charge in [0.15, 0.2) is 0 Å². The minimum atomic E-state index is -0.901. The predicted molar refractivity (Wildman–Crippen MR) is 177 cm³/mol. The van der Waals surface area contributed by atoms with Gasteiger partial charge in [0.25, 0.3) is 0 Å². The molecule has 242 valence electrons. The van der Waals surface area contributed by atoms with Gasteiger partial charge in [-0.2, -0.15) is 5.21 Å². The van der Waals surface area contributed by atoms with Crippen molar-refractivity contribution in [3.8, 4) is 28.4 Å². The number of anilines is 1. The molecule has 2 aromatic carbocycles. The van der Waals surface area contributed by atoms with Gasteiger partial charge in [-0.25, -0.2) is 4.98 Å². The molecule has 5 rings (SSSR count). The highest BCUT2D eigenvalue weighted by Gasteiger charge is 2.36. The van der Waals surface area contributed by atoms with E-state index in [0.717, 1.165) is 60.9 Å². The number of hydrogen-bond acceptors (Lipinski definition) is 9. The van der Waals surface area contributed by atoms with Crippen LogP contribution in [0.5, 0.6) is 5.88 Å². The number of aromatic amines is 1. The second kappa shape index (κ2) is 15.5. The molecule has 4 aromatic rings. The molecule has 0 radical (unpaired) electrons. The highest BCUT2D eigenvalue weighted by atomic mass is 16.5. The quantitative estimate of drug-likeness (QED) is 0.178. The van der Waals surface area contributed by atoms with Crippen LogP contribution in [0.2, 0.25) is 0 Å². The van der Waals surface area contributed by atoms with Crippen LogP contribution in [-0.2, 0) is 16.0 Å². The summed E-state index contributed by atoms with van der Waals surface area (Å²) in [5.41, 5.74) is 16.0. The molecule has 1 atom stereocenters. The van der Waals surface area contributed by atoms with E-state index < -0.39 is 11.9 Å². The molecule has 2 amide bonds. The summed E-state index contributed by atoms with van der Waals surface area (Å²) >= 11 is 0. The van der Waals surface area contributed by atoms with Crippen molar-refractivity contribution < 1.29 is 14.3 Å². The lowest BCUT2D eigenvalue weighted by Gasteiger charge is -2.35. The Kier molecular flexibility index (Phi) is 11.1. The minimum absolute atomic E-state index is 0.104. The van der Waals surface area contributed by atoms with Crippen molar-refractivity contribution in [3.63, 3.8) is 0 Å². The van der Waals surface area contributed by atoms with E-state index in [1.807, 2.05) is 62.6 Å². The Morgan fingerprint density at radius 1 is 1.00 bits per heavy atom. The molecule has 1 aliphatic rings. The summed E-state index contributed by atoms with van der Waals surface area (Å²) in [5, 5.41) is 14.2. The van der Waals surface area contributed by atoms with E-state index in [1.165, 1.54) is 0 Å². The number of H-pyrrole nitrogens is 1. The number of carbonyl (C=O) groups excluding carboxylic acids is 2. The second-order valence-electron chi connectivity index (χ2n) is 12.2. The Morgan fingerprint density at radius 2 is 1.76 bits per heavy atom. The number of nitrogens with two attached hydrogens (primary N) is 2. The normalized spacial score (nSPS) is 17.0. The fourth-order valence-electron chi connectivity index (χ4n) is 5.97. The molecular weight excluding hydrogens is 582 g/mol. The molecule has 1 aliphatic carbocycles. The Morgan fingerprint density at radius 3 is 2.39 bits per heavy atom. The number of aromatic nitrogens is 5. The average Bonchev–Trinajstić information content (AvgIpc) is 3.62. The molecule has 46 heavy (non-hydrogen) atoms. The molecule has 12 nitrogen and oxygen atoms in total. The van der Waals surface area contributed by atoms with Crippen molar-refractivity contribution in [2.45, 2.75) is 44.6 Å². The molecule has 2 aromatic heterocycles. The number of ether oxygens (including phenoxy) is 1. The maximum Gasteiger partial charge on any atom is 0.240 e. The van der Waals surface area contributed by atoms with Gasteiger partial charge >= 0.3 is 0 Å². The number of tetrazole rings is 1. The number of hydrogen-bond donors (Lipinski definition) is 3. The molecule has 0 spiro atoms. The summed E-state index contributed by atoms with van der Waals surface area (Å²) in [6.45, 7) is 2.16. The van der Waals surface area contributed by atoms with Gasteiger partial charge < -0.3 is 21.1 Å². The van der Waals surface area contributed by atoms with Crippen molar-refractivity contribution in [3.05, 3.63) is 72.4 Å². The highest BCUT2D eigenvalue weighted by Crippen LogP contribution is 2.33. The van der Waals surface area contributed by atoms with Crippen LogP contribution in [0.15, 0.2) is 66.9 Å². The van der Waals surface area contributed by atoms with E-state index >= 15 is 0 Å². The lowest BCUT2D eigenvalue weighted by Crippen LogP contribution is -2.52. The molecule has 12 heteroatoms. The van der Waals surface area contributed by atoms with Crippen LogP contribution in [0.4, 0.5) is 5.69 Å². The Hall–Kier alpha value is -4.68. The fraction of sp³-hybridized carbons (Fsp3) is 0.412. The van der Waals surface area contributed by atoms with Crippen LogP contribution in [-0.4, -0.2) is 82.2 Å². The summed E-state index contributed by atoms with van der Waals surface area (Å²) in [7, 11) is 4.07. The van der Waals surface area contributed by atoms with Gasteiger partial charge in [0.1, 0.15) is 6.04 Å². The van der Waals surface area contributed by atoms with Gasteiger partial charge in [0, 0.05) is 48.0 Å². The zero-order chi connectivity index (χ0) is 32.5. The number of nitrogens with one attached hydrogen (secondary N) is 1. The number of amides is 2. The first kappa shape index (κ1) is 32.7. The molecule has 0 unspecified atom stereocenters. The topological polar surface area (TPSA) is 169 Å². The maximum absolute atomic E-state index is 14.2. The van der Waals surface area contributed by atoms with Crippen LogP contribution in [0.25, 0.3) is 22.5 Å². The number of rotatable bonds is 14. The van der Waals surface area contributed by atoms with E-state index in [-0.39, 0.29) is 18.2 Å². The van der Waals surface area contributed by atoms with Crippen molar-refractivity contribution in [2.75, 3.05) is 38.7 Å². The molecule has 0 bridgehead atoms.